The van der Waals surface area contributed by atoms with Gasteiger partial charge in [-0.2, -0.15) is 0 Å². The minimum absolute atomic E-state index is 0. The van der Waals surface area contributed by atoms with Crippen molar-refractivity contribution < 1.29 is 9.72 Å². The first kappa shape index (κ1) is 23.8. The number of nitrogens with zero attached hydrogens (tertiary/aromatic N) is 4. The Hall–Kier alpha value is -2.16. The van der Waals surface area contributed by atoms with E-state index in [4.69, 9.17) is 5.73 Å². The number of amides is 1. The van der Waals surface area contributed by atoms with Gasteiger partial charge in [-0.25, -0.2) is 4.98 Å². The Kier molecular flexibility index (Phi) is 8.72. The van der Waals surface area contributed by atoms with Crippen LogP contribution in [0.4, 0.5) is 5.69 Å². The first-order valence-corrected chi connectivity index (χ1v) is 7.47. The van der Waals surface area contributed by atoms with Crippen molar-refractivity contribution in [2.45, 2.75) is 13.8 Å². The number of nitro groups is 1. The predicted molar refractivity (Wildman–Crippen MR) is 105 cm³/mol. The predicted octanol–water partition coefficient (Wildman–Crippen LogP) is 2.68. The van der Waals surface area contributed by atoms with Gasteiger partial charge in [-0.1, -0.05) is 13.8 Å². The van der Waals surface area contributed by atoms with Crippen LogP contribution < -0.4 is 5.73 Å². The number of benzene rings is 1. The van der Waals surface area contributed by atoms with Crippen LogP contribution in [0.2, 0.25) is 0 Å². The Morgan fingerprint density at radius 3 is 2.54 bits per heavy atom. The van der Waals surface area contributed by atoms with Crippen LogP contribution in [0.5, 0.6) is 0 Å². The molecule has 0 fully saturated rings. The van der Waals surface area contributed by atoms with Crippen LogP contribution in [-0.4, -0.2) is 45.4 Å². The molecule has 0 aliphatic rings. The summed E-state index contributed by atoms with van der Waals surface area (Å²) in [6.07, 6.45) is 4.62. The molecule has 2 N–H and O–H groups in total. The zero-order valence-corrected chi connectivity index (χ0v) is 16.4. The summed E-state index contributed by atoms with van der Waals surface area (Å²) in [7, 11) is 1.66. The van der Waals surface area contributed by atoms with Crippen LogP contribution >= 0.6 is 24.8 Å². The van der Waals surface area contributed by atoms with Gasteiger partial charge in [0.05, 0.1) is 11.3 Å². The number of aromatic nitrogens is 2. The molecule has 0 saturated heterocycles. The molecule has 144 valence electrons. The van der Waals surface area contributed by atoms with Gasteiger partial charge in [0.25, 0.3) is 11.6 Å². The van der Waals surface area contributed by atoms with E-state index < -0.39 is 4.92 Å². The molecule has 8 nitrogen and oxygen atoms in total. The number of nitro benzene ring substituents is 1. The molecule has 0 radical (unpaired) electrons. The lowest BCUT2D eigenvalue weighted by Gasteiger charge is -2.29. The summed E-state index contributed by atoms with van der Waals surface area (Å²) in [6, 6.07) is 4.43. The molecule has 0 spiro atoms. The molecule has 1 aromatic carbocycles. The molecule has 0 aliphatic heterocycles. The molecule has 2 rings (SSSR count). The summed E-state index contributed by atoms with van der Waals surface area (Å²) in [6.45, 7) is 4.81. The Balaban J connectivity index is 0.00000312. The molecule has 10 heteroatoms. The van der Waals surface area contributed by atoms with Crippen molar-refractivity contribution in [3.05, 3.63) is 52.6 Å². The Bertz CT molecular complexity index is 750. The van der Waals surface area contributed by atoms with Crippen LogP contribution in [0.25, 0.3) is 5.69 Å². The summed E-state index contributed by atoms with van der Waals surface area (Å²) in [5.41, 5.74) is 5.94. The van der Waals surface area contributed by atoms with Crippen LogP contribution in [0.1, 0.15) is 24.2 Å². The maximum atomic E-state index is 12.6. The highest BCUT2D eigenvalue weighted by Gasteiger charge is 2.24. The quantitative estimate of drug-likeness (QED) is 0.588. The fourth-order valence-corrected chi connectivity index (χ4v) is 2.42. The molecule has 0 unspecified atom stereocenters. The molecular weight excluding hydrogens is 381 g/mol. The summed E-state index contributed by atoms with van der Waals surface area (Å²) in [5.74, 6) is -0.281. The number of carbonyl (C=O) groups excluding carboxylic acids is 1. The highest BCUT2D eigenvalue weighted by molar-refractivity contribution is 5.95. The van der Waals surface area contributed by atoms with Crippen molar-refractivity contribution in [2.24, 2.45) is 11.1 Å². The highest BCUT2D eigenvalue weighted by Crippen LogP contribution is 2.25. The Morgan fingerprint density at radius 2 is 2.04 bits per heavy atom. The van der Waals surface area contributed by atoms with Crippen molar-refractivity contribution in [2.75, 3.05) is 20.1 Å². The number of rotatable bonds is 6. The lowest BCUT2D eigenvalue weighted by molar-refractivity contribution is -0.384. The van der Waals surface area contributed by atoms with E-state index in [0.29, 0.717) is 18.8 Å². The van der Waals surface area contributed by atoms with E-state index in [9.17, 15) is 14.9 Å². The maximum Gasteiger partial charge on any atom is 0.294 e. The molecule has 2 aromatic rings. The summed E-state index contributed by atoms with van der Waals surface area (Å²) in [5, 5.41) is 11.4. The van der Waals surface area contributed by atoms with Crippen LogP contribution in [0, 0.1) is 15.5 Å². The first-order chi connectivity index (χ1) is 11.2. The molecule has 0 aliphatic carbocycles. The Labute approximate surface area is 164 Å². The fourth-order valence-electron chi connectivity index (χ4n) is 2.42. The Morgan fingerprint density at radius 1 is 1.38 bits per heavy atom. The van der Waals surface area contributed by atoms with Gasteiger partial charge in [-0.3, -0.25) is 14.9 Å². The minimum Gasteiger partial charge on any atom is -0.341 e. The van der Waals surface area contributed by atoms with Gasteiger partial charge in [0.1, 0.15) is 5.69 Å². The lowest BCUT2D eigenvalue weighted by Crippen LogP contribution is -2.39. The zero-order chi connectivity index (χ0) is 17.9. The summed E-state index contributed by atoms with van der Waals surface area (Å²) in [4.78, 5) is 28.8. The van der Waals surface area contributed by atoms with E-state index in [0.717, 1.165) is 0 Å². The maximum absolute atomic E-state index is 12.6. The lowest BCUT2D eigenvalue weighted by atomic mass is 9.93. The minimum atomic E-state index is -0.504. The molecule has 26 heavy (non-hydrogen) atoms. The topological polar surface area (TPSA) is 107 Å². The third-order valence-electron chi connectivity index (χ3n) is 3.77. The third kappa shape index (κ3) is 5.42. The van der Waals surface area contributed by atoms with E-state index in [1.54, 1.807) is 25.4 Å². The number of hydrogen-bond donors (Lipinski definition) is 1. The molecule has 1 heterocycles. The zero-order valence-electron chi connectivity index (χ0n) is 14.8. The van der Waals surface area contributed by atoms with Crippen LogP contribution in [0.3, 0.4) is 0 Å². The van der Waals surface area contributed by atoms with E-state index in [-0.39, 0.29) is 47.4 Å². The van der Waals surface area contributed by atoms with Crippen molar-refractivity contribution in [1.82, 2.24) is 14.5 Å². The monoisotopic (exact) mass is 403 g/mol. The van der Waals surface area contributed by atoms with E-state index in [2.05, 4.69) is 4.98 Å². The van der Waals surface area contributed by atoms with Gasteiger partial charge in [0.15, 0.2) is 0 Å². The van der Waals surface area contributed by atoms with E-state index in [1.807, 2.05) is 13.8 Å². The van der Waals surface area contributed by atoms with Gasteiger partial charge in [-0.15, -0.1) is 24.8 Å². The first-order valence-electron chi connectivity index (χ1n) is 7.47. The number of carbonyl (C=O) groups is 1. The number of imidazole rings is 1. The standard InChI is InChI=1S/C16H21N5O3.2ClH/c1-16(2,9-17)10-19(3)15(22)12-4-5-13(14(8-12)21(23)24)20-7-6-18-11-20;;/h4-8,11H,9-10,17H2,1-3H3;2*1H. The molecule has 0 atom stereocenters. The van der Waals surface area contributed by atoms with Gasteiger partial charge in [0, 0.05) is 37.6 Å². The molecule has 1 aromatic heterocycles. The molecule has 0 saturated carbocycles. The second kappa shape index (κ2) is 9.51. The van der Waals surface area contributed by atoms with Crippen LogP contribution in [-0.2, 0) is 0 Å². The molecular formula is C16H23Cl2N5O3. The second-order valence-corrected chi connectivity index (χ2v) is 6.46. The SMILES string of the molecule is CN(CC(C)(C)CN)C(=O)c1ccc(-n2ccnc2)c([N+](=O)[O-])c1.Cl.Cl. The summed E-state index contributed by atoms with van der Waals surface area (Å²) < 4.78 is 1.54. The largest absolute Gasteiger partial charge is 0.341 e. The highest BCUT2D eigenvalue weighted by atomic mass is 35.5. The van der Waals surface area contributed by atoms with Gasteiger partial charge in [0.2, 0.25) is 0 Å². The average molecular weight is 404 g/mol. The van der Waals surface area contributed by atoms with Crippen LogP contribution in [0.15, 0.2) is 36.9 Å². The molecule has 0 bridgehead atoms. The number of halogens is 2. The fraction of sp³-hybridized carbons (Fsp3) is 0.375. The average Bonchev–Trinajstić information content (AvgIpc) is 3.07. The van der Waals surface area contributed by atoms with Crippen molar-refractivity contribution in [1.29, 1.82) is 0 Å². The second-order valence-electron chi connectivity index (χ2n) is 6.46. The number of nitrogens with two attached hydrogens (primary N) is 1. The van der Waals surface area contributed by atoms with Crippen molar-refractivity contribution in [3.8, 4) is 5.69 Å². The van der Waals surface area contributed by atoms with Gasteiger partial charge in [-0.05, 0) is 24.1 Å². The molecule has 1 amide bonds. The normalized spacial score (nSPS) is 10.5. The number of hydrogen-bond acceptors (Lipinski definition) is 5. The third-order valence-corrected chi connectivity index (χ3v) is 3.77. The summed E-state index contributed by atoms with van der Waals surface area (Å²) >= 11 is 0. The smallest absolute Gasteiger partial charge is 0.294 e. The van der Waals surface area contributed by atoms with Crippen molar-refractivity contribution in [3.63, 3.8) is 0 Å². The van der Waals surface area contributed by atoms with E-state index in [1.165, 1.54) is 28.1 Å². The van der Waals surface area contributed by atoms with Gasteiger partial charge >= 0.3 is 0 Å². The van der Waals surface area contributed by atoms with Crippen molar-refractivity contribution >= 4 is 36.4 Å². The van der Waals surface area contributed by atoms with Gasteiger partial charge < -0.3 is 15.2 Å². The van der Waals surface area contributed by atoms with E-state index >= 15 is 0 Å².